The van der Waals surface area contributed by atoms with Crippen molar-refractivity contribution in [3.8, 4) is 11.5 Å². The van der Waals surface area contributed by atoms with E-state index < -0.39 is 0 Å². The van der Waals surface area contributed by atoms with Crippen molar-refractivity contribution in [3.05, 3.63) is 66.2 Å². The van der Waals surface area contributed by atoms with E-state index in [1.165, 1.54) is 16.3 Å². The first-order valence-electron chi connectivity index (χ1n) is 7.96. The van der Waals surface area contributed by atoms with Crippen molar-refractivity contribution in [2.45, 2.75) is 13.5 Å². The number of anilines is 1. The molecule has 1 heterocycles. The zero-order valence-electron chi connectivity index (χ0n) is 13.2. The summed E-state index contributed by atoms with van der Waals surface area (Å²) >= 11 is 0. The van der Waals surface area contributed by atoms with Crippen molar-refractivity contribution in [2.24, 2.45) is 0 Å². The average Bonchev–Trinajstić information content (AvgIpc) is 2.62. The molecule has 1 aliphatic rings. The number of hydrogen-bond donors (Lipinski definition) is 0. The predicted octanol–water partition coefficient (Wildman–Crippen LogP) is 4.60. The van der Waals surface area contributed by atoms with Gasteiger partial charge in [0.1, 0.15) is 11.5 Å². The minimum absolute atomic E-state index is 0.564. The van der Waals surface area contributed by atoms with Gasteiger partial charge in [0.15, 0.2) is 6.73 Å². The molecule has 23 heavy (non-hydrogen) atoms. The van der Waals surface area contributed by atoms with Crippen LogP contribution in [0.1, 0.15) is 12.5 Å². The van der Waals surface area contributed by atoms with Gasteiger partial charge in [-0.15, -0.1) is 0 Å². The van der Waals surface area contributed by atoms with Gasteiger partial charge >= 0.3 is 0 Å². The van der Waals surface area contributed by atoms with Gasteiger partial charge in [-0.3, -0.25) is 0 Å². The first-order chi connectivity index (χ1) is 11.3. The van der Waals surface area contributed by atoms with Crippen LogP contribution in [-0.4, -0.2) is 13.3 Å². The highest BCUT2D eigenvalue weighted by atomic mass is 16.5. The standard InChI is InChI=1S/C20H19NO2/c1-2-22-18-11-9-17(10-12-18)21-13-16-8-7-15-5-3-4-6-19(15)20(16)23-14-21/h3-12H,2,13-14H2,1H3. The van der Waals surface area contributed by atoms with Gasteiger partial charge in [-0.05, 0) is 36.6 Å². The summed E-state index contributed by atoms with van der Waals surface area (Å²) in [5.74, 6) is 1.92. The largest absolute Gasteiger partial charge is 0.494 e. The van der Waals surface area contributed by atoms with Gasteiger partial charge in [0, 0.05) is 23.2 Å². The van der Waals surface area contributed by atoms with Gasteiger partial charge in [-0.1, -0.05) is 36.4 Å². The maximum absolute atomic E-state index is 6.08. The lowest BCUT2D eigenvalue weighted by atomic mass is 10.0. The normalized spacial score (nSPS) is 13.5. The molecule has 0 amide bonds. The number of benzene rings is 3. The van der Waals surface area contributed by atoms with Crippen LogP contribution in [0.25, 0.3) is 10.8 Å². The molecular formula is C20H19NO2. The second-order valence-electron chi connectivity index (χ2n) is 5.67. The van der Waals surface area contributed by atoms with Crippen molar-refractivity contribution < 1.29 is 9.47 Å². The third-order valence-corrected chi connectivity index (χ3v) is 4.20. The van der Waals surface area contributed by atoms with Crippen LogP contribution in [0.15, 0.2) is 60.7 Å². The number of hydrogen-bond acceptors (Lipinski definition) is 3. The zero-order chi connectivity index (χ0) is 15.6. The van der Waals surface area contributed by atoms with Crippen LogP contribution in [0.5, 0.6) is 11.5 Å². The minimum atomic E-state index is 0.564. The Morgan fingerprint density at radius 3 is 2.65 bits per heavy atom. The van der Waals surface area contributed by atoms with Crippen LogP contribution in [0.3, 0.4) is 0 Å². The van der Waals surface area contributed by atoms with Gasteiger partial charge in [-0.2, -0.15) is 0 Å². The molecule has 3 aromatic carbocycles. The Balaban J connectivity index is 1.62. The molecular weight excluding hydrogens is 286 g/mol. The Morgan fingerprint density at radius 2 is 1.83 bits per heavy atom. The van der Waals surface area contributed by atoms with Crippen molar-refractivity contribution >= 4 is 16.5 Å². The molecule has 3 aromatic rings. The Morgan fingerprint density at radius 1 is 1.00 bits per heavy atom. The summed E-state index contributed by atoms with van der Waals surface area (Å²) in [5.41, 5.74) is 2.37. The number of fused-ring (bicyclic) bond motifs is 3. The van der Waals surface area contributed by atoms with Gasteiger partial charge in [0.25, 0.3) is 0 Å². The van der Waals surface area contributed by atoms with E-state index >= 15 is 0 Å². The van der Waals surface area contributed by atoms with Gasteiger partial charge < -0.3 is 14.4 Å². The van der Waals surface area contributed by atoms with Crippen LogP contribution < -0.4 is 14.4 Å². The fourth-order valence-electron chi connectivity index (χ4n) is 3.06. The van der Waals surface area contributed by atoms with E-state index in [4.69, 9.17) is 9.47 Å². The molecule has 0 bridgehead atoms. The topological polar surface area (TPSA) is 21.7 Å². The van der Waals surface area contributed by atoms with Crippen LogP contribution >= 0.6 is 0 Å². The quantitative estimate of drug-likeness (QED) is 0.706. The maximum atomic E-state index is 6.08. The average molecular weight is 305 g/mol. The summed E-state index contributed by atoms with van der Waals surface area (Å²) in [7, 11) is 0. The molecule has 0 aromatic heterocycles. The molecule has 3 heteroatoms. The zero-order valence-corrected chi connectivity index (χ0v) is 13.2. The van der Waals surface area contributed by atoms with Crippen molar-refractivity contribution in [1.82, 2.24) is 0 Å². The summed E-state index contributed by atoms with van der Waals surface area (Å²) in [5, 5.41) is 2.41. The van der Waals surface area contributed by atoms with E-state index in [9.17, 15) is 0 Å². The van der Waals surface area contributed by atoms with E-state index in [-0.39, 0.29) is 0 Å². The van der Waals surface area contributed by atoms with Crippen LogP contribution in [-0.2, 0) is 6.54 Å². The Labute approximate surface area is 136 Å². The van der Waals surface area contributed by atoms with E-state index in [1.807, 2.05) is 19.1 Å². The smallest absolute Gasteiger partial charge is 0.161 e. The first-order valence-corrected chi connectivity index (χ1v) is 7.96. The summed E-state index contributed by atoms with van der Waals surface area (Å²) in [4.78, 5) is 2.23. The fraction of sp³-hybridized carbons (Fsp3) is 0.200. The third-order valence-electron chi connectivity index (χ3n) is 4.20. The lowest BCUT2D eigenvalue weighted by molar-refractivity contribution is 0.293. The van der Waals surface area contributed by atoms with E-state index in [1.54, 1.807) is 0 Å². The van der Waals surface area contributed by atoms with Crippen molar-refractivity contribution in [2.75, 3.05) is 18.2 Å². The number of ether oxygens (including phenoxy) is 2. The highest BCUT2D eigenvalue weighted by Crippen LogP contribution is 2.35. The second kappa shape index (κ2) is 5.84. The molecule has 3 nitrogen and oxygen atoms in total. The summed E-state index contributed by atoms with van der Waals surface area (Å²) in [6, 6.07) is 20.9. The SMILES string of the molecule is CCOc1ccc(N2COc3c(ccc4ccccc34)C2)cc1. The Hall–Kier alpha value is -2.68. The van der Waals surface area contributed by atoms with Crippen LogP contribution in [0, 0.1) is 0 Å². The first kappa shape index (κ1) is 13.9. The molecule has 0 saturated carbocycles. The summed E-state index contributed by atoms with van der Waals surface area (Å²) in [6.07, 6.45) is 0. The molecule has 116 valence electrons. The number of nitrogens with zero attached hydrogens (tertiary/aromatic N) is 1. The van der Waals surface area contributed by atoms with E-state index in [0.29, 0.717) is 13.3 Å². The second-order valence-corrected chi connectivity index (χ2v) is 5.67. The molecule has 4 rings (SSSR count). The molecule has 1 aliphatic heterocycles. The summed E-state index contributed by atoms with van der Waals surface area (Å²) in [6.45, 7) is 4.10. The molecule has 0 N–H and O–H groups in total. The third kappa shape index (κ3) is 2.59. The molecule has 0 spiro atoms. The summed E-state index contributed by atoms with van der Waals surface area (Å²) < 4.78 is 11.6. The molecule has 0 unspecified atom stereocenters. The monoisotopic (exact) mass is 305 g/mol. The van der Waals surface area contributed by atoms with Crippen molar-refractivity contribution in [1.29, 1.82) is 0 Å². The minimum Gasteiger partial charge on any atom is -0.494 e. The fourth-order valence-corrected chi connectivity index (χ4v) is 3.06. The van der Waals surface area contributed by atoms with Crippen LogP contribution in [0.4, 0.5) is 5.69 Å². The highest BCUT2D eigenvalue weighted by molar-refractivity contribution is 5.90. The molecule has 0 atom stereocenters. The van der Waals surface area contributed by atoms with E-state index in [2.05, 4.69) is 53.4 Å². The predicted molar refractivity (Wildman–Crippen MR) is 93.2 cm³/mol. The lowest BCUT2D eigenvalue weighted by Gasteiger charge is -2.31. The maximum Gasteiger partial charge on any atom is 0.161 e. The number of rotatable bonds is 3. The molecule has 0 aliphatic carbocycles. The van der Waals surface area contributed by atoms with Gasteiger partial charge in [0.2, 0.25) is 0 Å². The van der Waals surface area contributed by atoms with Crippen molar-refractivity contribution in [3.63, 3.8) is 0 Å². The highest BCUT2D eigenvalue weighted by Gasteiger charge is 2.19. The lowest BCUT2D eigenvalue weighted by Crippen LogP contribution is -2.31. The van der Waals surface area contributed by atoms with Crippen LogP contribution in [0.2, 0.25) is 0 Å². The molecule has 0 saturated heterocycles. The Bertz CT molecular complexity index is 827. The van der Waals surface area contributed by atoms with E-state index in [0.717, 1.165) is 23.7 Å². The molecule has 0 fully saturated rings. The Kier molecular flexibility index (Phi) is 3.54. The van der Waals surface area contributed by atoms with Gasteiger partial charge in [-0.25, -0.2) is 0 Å². The van der Waals surface area contributed by atoms with Gasteiger partial charge in [0.05, 0.1) is 6.61 Å². The molecule has 0 radical (unpaired) electrons.